The van der Waals surface area contributed by atoms with E-state index in [4.69, 9.17) is 0 Å². The van der Waals surface area contributed by atoms with Gasteiger partial charge in [0.15, 0.2) is 0 Å². The Kier molecular flexibility index (Phi) is 11.0. The summed E-state index contributed by atoms with van der Waals surface area (Å²) in [5, 5.41) is 0. The second kappa shape index (κ2) is 11.2. The first-order valence-electron chi connectivity index (χ1n) is 7.31. The molecule has 16 heavy (non-hydrogen) atoms. The summed E-state index contributed by atoms with van der Waals surface area (Å²) >= 11 is 0. The number of hydrogen-bond acceptors (Lipinski definition) is 0. The zero-order valence-electron chi connectivity index (χ0n) is 12.0. The topological polar surface area (TPSA) is 0 Å². The predicted octanol–water partition coefficient (Wildman–Crippen LogP) is 6.12. The van der Waals surface area contributed by atoms with Crippen LogP contribution >= 0.6 is 0 Å². The standard InChI is InChI=1S/C16H32/c1-5-6-7-8-9-10-11-12-13-16(4)14-15(2)3/h14,16H,5-13H2,1-4H3. The smallest absolute Gasteiger partial charge is 0.0259 e. The third-order valence-electron chi connectivity index (χ3n) is 3.13. The van der Waals surface area contributed by atoms with Crippen LogP contribution in [0.1, 0.15) is 85.5 Å². The lowest BCUT2D eigenvalue weighted by Crippen LogP contribution is -1.91. The van der Waals surface area contributed by atoms with Gasteiger partial charge in [-0.15, -0.1) is 0 Å². The van der Waals surface area contributed by atoms with E-state index in [9.17, 15) is 0 Å². The van der Waals surface area contributed by atoms with Crippen molar-refractivity contribution >= 4 is 0 Å². The van der Waals surface area contributed by atoms with E-state index in [0.29, 0.717) is 0 Å². The Morgan fingerprint density at radius 2 is 1.38 bits per heavy atom. The van der Waals surface area contributed by atoms with Gasteiger partial charge in [0.2, 0.25) is 0 Å². The van der Waals surface area contributed by atoms with Gasteiger partial charge in [-0.3, -0.25) is 0 Å². The van der Waals surface area contributed by atoms with Crippen LogP contribution in [0.2, 0.25) is 0 Å². The van der Waals surface area contributed by atoms with Crippen molar-refractivity contribution in [3.63, 3.8) is 0 Å². The van der Waals surface area contributed by atoms with E-state index in [2.05, 4.69) is 33.8 Å². The maximum Gasteiger partial charge on any atom is -0.0259 e. The fraction of sp³-hybridized carbons (Fsp3) is 0.875. The van der Waals surface area contributed by atoms with Crippen LogP contribution in [0.4, 0.5) is 0 Å². The number of hydrogen-bond donors (Lipinski definition) is 0. The van der Waals surface area contributed by atoms with Gasteiger partial charge in [0.1, 0.15) is 0 Å². The molecule has 96 valence electrons. The Labute approximate surface area is 104 Å². The van der Waals surface area contributed by atoms with Gasteiger partial charge in [0.05, 0.1) is 0 Å². The highest BCUT2D eigenvalue weighted by atomic mass is 14.0. The molecule has 0 aromatic carbocycles. The molecule has 0 radical (unpaired) electrons. The Balaban J connectivity index is 3.18. The fourth-order valence-electron chi connectivity index (χ4n) is 2.25. The number of allylic oxidation sites excluding steroid dienone is 2. The highest BCUT2D eigenvalue weighted by Crippen LogP contribution is 2.14. The first kappa shape index (κ1) is 15.7. The Hall–Kier alpha value is -0.260. The highest BCUT2D eigenvalue weighted by molar-refractivity contribution is 4.95. The summed E-state index contributed by atoms with van der Waals surface area (Å²) in [6.45, 7) is 9.02. The van der Waals surface area contributed by atoms with Crippen LogP contribution in [0.25, 0.3) is 0 Å². The van der Waals surface area contributed by atoms with Crippen molar-refractivity contribution in [2.24, 2.45) is 5.92 Å². The molecule has 0 bridgehead atoms. The van der Waals surface area contributed by atoms with Crippen LogP contribution in [0.3, 0.4) is 0 Å². The normalized spacial score (nSPS) is 12.5. The lowest BCUT2D eigenvalue weighted by atomic mass is 10.00. The van der Waals surface area contributed by atoms with Crippen molar-refractivity contribution in [3.05, 3.63) is 11.6 Å². The molecule has 0 rings (SSSR count). The summed E-state index contributed by atoms with van der Waals surface area (Å²) in [4.78, 5) is 0. The molecule has 0 aliphatic rings. The summed E-state index contributed by atoms with van der Waals surface area (Å²) in [5.41, 5.74) is 1.46. The van der Waals surface area contributed by atoms with Crippen molar-refractivity contribution in [2.75, 3.05) is 0 Å². The molecular weight excluding hydrogens is 192 g/mol. The van der Waals surface area contributed by atoms with Gasteiger partial charge in [-0.1, -0.05) is 76.9 Å². The lowest BCUT2D eigenvalue weighted by Gasteiger charge is -2.07. The van der Waals surface area contributed by atoms with Gasteiger partial charge in [-0.05, 0) is 26.2 Å². The molecule has 0 heteroatoms. The molecule has 0 heterocycles. The highest BCUT2D eigenvalue weighted by Gasteiger charge is 1.97. The average molecular weight is 224 g/mol. The fourth-order valence-corrected chi connectivity index (χ4v) is 2.25. The molecule has 1 atom stereocenters. The Bertz CT molecular complexity index is 163. The van der Waals surface area contributed by atoms with E-state index in [1.807, 2.05) is 0 Å². The van der Waals surface area contributed by atoms with Crippen LogP contribution in [0.15, 0.2) is 11.6 Å². The first-order chi connectivity index (χ1) is 7.66. The van der Waals surface area contributed by atoms with Crippen molar-refractivity contribution in [1.29, 1.82) is 0 Å². The van der Waals surface area contributed by atoms with E-state index in [1.54, 1.807) is 0 Å². The van der Waals surface area contributed by atoms with E-state index in [0.717, 1.165) is 5.92 Å². The van der Waals surface area contributed by atoms with Crippen LogP contribution in [-0.2, 0) is 0 Å². The first-order valence-corrected chi connectivity index (χ1v) is 7.31. The largest absolute Gasteiger partial charge is 0.0830 e. The minimum absolute atomic E-state index is 0.782. The summed E-state index contributed by atoms with van der Waals surface area (Å²) in [6, 6.07) is 0. The predicted molar refractivity (Wildman–Crippen MR) is 75.8 cm³/mol. The van der Waals surface area contributed by atoms with E-state index >= 15 is 0 Å². The van der Waals surface area contributed by atoms with Crippen molar-refractivity contribution in [3.8, 4) is 0 Å². The molecule has 0 nitrogen and oxygen atoms in total. The Morgan fingerprint density at radius 3 is 1.88 bits per heavy atom. The van der Waals surface area contributed by atoms with Gasteiger partial charge in [0, 0.05) is 0 Å². The summed E-state index contributed by atoms with van der Waals surface area (Å²) in [6.07, 6.45) is 15.2. The molecule has 1 unspecified atom stereocenters. The zero-order chi connectivity index (χ0) is 12.2. The summed E-state index contributed by atoms with van der Waals surface area (Å²) in [7, 11) is 0. The van der Waals surface area contributed by atoms with Gasteiger partial charge in [-0.2, -0.15) is 0 Å². The quantitative estimate of drug-likeness (QED) is 0.310. The van der Waals surface area contributed by atoms with Crippen molar-refractivity contribution in [1.82, 2.24) is 0 Å². The lowest BCUT2D eigenvalue weighted by molar-refractivity contribution is 0.531. The van der Waals surface area contributed by atoms with Gasteiger partial charge < -0.3 is 0 Å². The maximum atomic E-state index is 2.40. The molecule has 0 N–H and O–H groups in total. The van der Waals surface area contributed by atoms with Crippen molar-refractivity contribution < 1.29 is 0 Å². The minimum atomic E-state index is 0.782. The van der Waals surface area contributed by atoms with Gasteiger partial charge >= 0.3 is 0 Å². The maximum absolute atomic E-state index is 2.40. The van der Waals surface area contributed by atoms with E-state index < -0.39 is 0 Å². The van der Waals surface area contributed by atoms with Gasteiger partial charge in [-0.25, -0.2) is 0 Å². The van der Waals surface area contributed by atoms with Crippen LogP contribution in [-0.4, -0.2) is 0 Å². The van der Waals surface area contributed by atoms with Crippen LogP contribution in [0, 0.1) is 5.92 Å². The van der Waals surface area contributed by atoms with Crippen LogP contribution < -0.4 is 0 Å². The zero-order valence-corrected chi connectivity index (χ0v) is 12.0. The molecule has 0 saturated carbocycles. The average Bonchev–Trinajstić information content (AvgIpc) is 2.21. The monoisotopic (exact) mass is 224 g/mol. The molecular formula is C16H32. The second-order valence-electron chi connectivity index (χ2n) is 5.48. The number of rotatable bonds is 10. The molecule has 0 amide bonds. The van der Waals surface area contributed by atoms with Gasteiger partial charge in [0.25, 0.3) is 0 Å². The summed E-state index contributed by atoms with van der Waals surface area (Å²) in [5.74, 6) is 0.782. The van der Waals surface area contributed by atoms with E-state index in [1.165, 1.54) is 63.4 Å². The molecule has 0 aliphatic heterocycles. The molecule has 0 aromatic rings. The molecule has 0 spiro atoms. The number of unbranched alkanes of at least 4 members (excludes halogenated alkanes) is 7. The van der Waals surface area contributed by atoms with Crippen molar-refractivity contribution in [2.45, 2.75) is 85.5 Å². The minimum Gasteiger partial charge on any atom is -0.0830 e. The molecule has 0 fully saturated rings. The second-order valence-corrected chi connectivity index (χ2v) is 5.48. The molecule has 0 saturated heterocycles. The third kappa shape index (κ3) is 11.8. The SMILES string of the molecule is CCCCCCCCCCC(C)C=C(C)C. The molecule has 0 aliphatic carbocycles. The third-order valence-corrected chi connectivity index (χ3v) is 3.13. The summed E-state index contributed by atoms with van der Waals surface area (Å²) < 4.78 is 0. The molecule has 0 aromatic heterocycles. The van der Waals surface area contributed by atoms with Crippen LogP contribution in [0.5, 0.6) is 0 Å². The Morgan fingerprint density at radius 1 is 0.875 bits per heavy atom. The van der Waals surface area contributed by atoms with E-state index in [-0.39, 0.29) is 0 Å².